The highest BCUT2D eigenvalue weighted by molar-refractivity contribution is 5.80. The van der Waals surface area contributed by atoms with E-state index in [-0.39, 0.29) is 5.75 Å². The van der Waals surface area contributed by atoms with Gasteiger partial charge in [-0.1, -0.05) is 0 Å². The Morgan fingerprint density at radius 1 is 1.44 bits per heavy atom. The van der Waals surface area contributed by atoms with Gasteiger partial charge < -0.3 is 9.84 Å². The number of carbonyl (C=O) groups excluding carboxylic acids is 1. The summed E-state index contributed by atoms with van der Waals surface area (Å²) in [5.41, 5.74) is 2.12. The van der Waals surface area contributed by atoms with Gasteiger partial charge in [-0.15, -0.1) is 0 Å². The molecule has 0 amide bonds. The Morgan fingerprint density at radius 2 is 2.28 bits per heavy atom. The number of benzene rings is 1. The summed E-state index contributed by atoms with van der Waals surface area (Å²) in [5, 5.41) is 9.66. The Kier molecular flexibility index (Phi) is 3.57. The predicted molar refractivity (Wildman–Crippen MR) is 69.2 cm³/mol. The average molecular weight is 243 g/mol. The highest BCUT2D eigenvalue weighted by Gasteiger charge is 2.18. The molecule has 1 heterocycles. The summed E-state index contributed by atoms with van der Waals surface area (Å²) < 4.78 is 5.37. The van der Waals surface area contributed by atoms with E-state index >= 15 is 0 Å². The van der Waals surface area contributed by atoms with Crippen LogP contribution in [0.3, 0.4) is 0 Å². The third kappa shape index (κ3) is 2.32. The molecular weight excluding hydrogens is 230 g/mol. The highest BCUT2D eigenvalue weighted by Crippen LogP contribution is 2.37. The molecule has 4 nitrogen and oxygen atoms in total. The Morgan fingerprint density at radius 3 is 3.00 bits per heavy atom. The molecule has 18 heavy (non-hydrogen) atoms. The van der Waals surface area contributed by atoms with Gasteiger partial charge in [0.1, 0.15) is 6.29 Å². The van der Waals surface area contributed by atoms with Crippen molar-refractivity contribution in [1.29, 1.82) is 0 Å². The van der Waals surface area contributed by atoms with Crippen LogP contribution in [0.2, 0.25) is 0 Å². The number of hydrogen-bond donors (Lipinski definition) is 1. The minimum Gasteiger partial charge on any atom is -0.504 e. The minimum atomic E-state index is 0.0430. The van der Waals surface area contributed by atoms with Crippen LogP contribution in [0.4, 0.5) is 0 Å². The quantitative estimate of drug-likeness (QED) is 0.655. The van der Waals surface area contributed by atoms with E-state index < -0.39 is 0 Å². The number of aliphatic imine (C=N–C) groups is 1. The number of rotatable bonds is 3. The van der Waals surface area contributed by atoms with Crippen molar-refractivity contribution in [3.63, 3.8) is 0 Å². The van der Waals surface area contributed by atoms with Crippen LogP contribution in [0.5, 0.6) is 11.5 Å². The summed E-state index contributed by atoms with van der Waals surface area (Å²) in [7, 11) is 0. The summed E-state index contributed by atoms with van der Waals surface area (Å²) in [5.74, 6) is 0.400. The van der Waals surface area contributed by atoms with Crippen molar-refractivity contribution < 1.29 is 14.6 Å². The molecule has 0 bridgehead atoms. The third-order valence-corrected chi connectivity index (χ3v) is 2.64. The van der Waals surface area contributed by atoms with Crippen molar-refractivity contribution in [2.24, 2.45) is 4.99 Å². The standard InChI is InChI=1S/C14H13NO3/c1-2-15-6-5-10-7-12-11(8-16)3-4-13(17)14(12)18-9-10/h2-6,8-9,17H,7H2,1H3/b6-5-,15-2?. The van der Waals surface area contributed by atoms with Gasteiger partial charge in [0.05, 0.1) is 6.26 Å². The molecule has 0 saturated carbocycles. The van der Waals surface area contributed by atoms with Gasteiger partial charge in [-0.3, -0.25) is 9.79 Å². The molecule has 0 unspecified atom stereocenters. The van der Waals surface area contributed by atoms with Crippen LogP contribution in [0.15, 0.2) is 41.2 Å². The van der Waals surface area contributed by atoms with Crippen LogP contribution in [0.25, 0.3) is 0 Å². The maximum absolute atomic E-state index is 11.0. The first-order chi connectivity index (χ1) is 8.76. The number of allylic oxidation sites excluding steroid dienone is 2. The fourth-order valence-electron chi connectivity index (χ4n) is 1.76. The Bertz CT molecular complexity index is 556. The zero-order valence-electron chi connectivity index (χ0n) is 9.96. The van der Waals surface area contributed by atoms with Gasteiger partial charge in [0.2, 0.25) is 0 Å². The van der Waals surface area contributed by atoms with Gasteiger partial charge in [-0.2, -0.15) is 0 Å². The number of hydrogen-bond acceptors (Lipinski definition) is 4. The molecule has 1 aromatic carbocycles. The number of carbonyl (C=O) groups is 1. The number of aromatic hydroxyl groups is 1. The van der Waals surface area contributed by atoms with Gasteiger partial charge in [0.15, 0.2) is 11.5 Å². The largest absolute Gasteiger partial charge is 0.504 e. The first-order valence-electron chi connectivity index (χ1n) is 5.56. The maximum Gasteiger partial charge on any atom is 0.172 e. The molecule has 1 N–H and O–H groups in total. The van der Waals surface area contributed by atoms with Crippen molar-refractivity contribution in [1.82, 2.24) is 0 Å². The molecule has 1 aromatic rings. The van der Waals surface area contributed by atoms with Crippen molar-refractivity contribution in [3.05, 3.63) is 47.4 Å². The summed E-state index contributed by atoms with van der Waals surface area (Å²) >= 11 is 0. The van der Waals surface area contributed by atoms with Crippen molar-refractivity contribution in [3.8, 4) is 11.5 Å². The summed E-state index contributed by atoms with van der Waals surface area (Å²) in [6, 6.07) is 3.04. The van der Waals surface area contributed by atoms with Crippen LogP contribution >= 0.6 is 0 Å². The molecule has 2 rings (SSSR count). The highest BCUT2D eigenvalue weighted by atomic mass is 16.5. The lowest BCUT2D eigenvalue weighted by Gasteiger charge is -2.17. The van der Waals surface area contributed by atoms with E-state index in [1.807, 2.05) is 13.0 Å². The second kappa shape index (κ2) is 5.31. The number of fused-ring (bicyclic) bond motifs is 1. The van der Waals surface area contributed by atoms with E-state index in [1.54, 1.807) is 24.7 Å². The number of phenols is 1. The van der Waals surface area contributed by atoms with E-state index in [2.05, 4.69) is 4.99 Å². The van der Waals surface area contributed by atoms with Crippen molar-refractivity contribution in [2.45, 2.75) is 13.3 Å². The summed E-state index contributed by atoms with van der Waals surface area (Å²) in [4.78, 5) is 14.9. The topological polar surface area (TPSA) is 58.9 Å². The number of nitrogens with zero attached hydrogens (tertiary/aromatic N) is 1. The molecule has 4 heteroatoms. The minimum absolute atomic E-state index is 0.0430. The fourth-order valence-corrected chi connectivity index (χ4v) is 1.76. The lowest BCUT2D eigenvalue weighted by Crippen LogP contribution is -2.05. The SMILES string of the molecule is CC=N/C=C\C1=COc2c(O)ccc(C=O)c2C1. The predicted octanol–water partition coefficient (Wildman–Crippen LogP) is 2.63. The lowest BCUT2D eigenvalue weighted by molar-refractivity contribution is 0.112. The normalized spacial score (nSPS) is 14.4. The van der Waals surface area contributed by atoms with Crippen LogP contribution in [0.1, 0.15) is 22.8 Å². The molecular formula is C14H13NO3. The van der Waals surface area contributed by atoms with Gasteiger partial charge >= 0.3 is 0 Å². The molecule has 92 valence electrons. The molecule has 1 aliphatic rings. The Labute approximate surface area is 105 Å². The van der Waals surface area contributed by atoms with E-state index in [0.29, 0.717) is 23.3 Å². The molecule has 0 saturated heterocycles. The van der Waals surface area contributed by atoms with Crippen molar-refractivity contribution >= 4 is 12.5 Å². The average Bonchev–Trinajstić information content (AvgIpc) is 2.39. The van der Waals surface area contributed by atoms with E-state index in [1.165, 1.54) is 6.07 Å². The maximum atomic E-state index is 11.0. The second-order valence-electron chi connectivity index (χ2n) is 3.81. The summed E-state index contributed by atoms with van der Waals surface area (Å²) in [6.45, 7) is 1.83. The molecule has 0 aromatic heterocycles. The first-order valence-corrected chi connectivity index (χ1v) is 5.56. The summed E-state index contributed by atoms with van der Waals surface area (Å²) in [6.07, 6.45) is 7.99. The molecule has 1 aliphatic heterocycles. The zero-order valence-corrected chi connectivity index (χ0v) is 9.96. The first kappa shape index (κ1) is 12.1. The second-order valence-corrected chi connectivity index (χ2v) is 3.81. The van der Waals surface area contributed by atoms with Crippen LogP contribution in [-0.4, -0.2) is 17.6 Å². The number of ether oxygens (including phenoxy) is 1. The van der Waals surface area contributed by atoms with E-state index in [0.717, 1.165) is 11.9 Å². The van der Waals surface area contributed by atoms with Crippen molar-refractivity contribution in [2.75, 3.05) is 0 Å². The number of aldehydes is 1. The Hall–Kier alpha value is -2.36. The molecule has 0 radical (unpaired) electrons. The number of phenolic OH excluding ortho intramolecular Hbond substituents is 1. The molecule has 0 spiro atoms. The van der Waals surface area contributed by atoms with E-state index in [4.69, 9.17) is 4.74 Å². The fraction of sp³-hybridized carbons (Fsp3) is 0.143. The van der Waals surface area contributed by atoms with Crippen LogP contribution in [0, 0.1) is 0 Å². The van der Waals surface area contributed by atoms with Gasteiger partial charge in [0, 0.05) is 30.0 Å². The Balaban J connectivity index is 2.33. The van der Waals surface area contributed by atoms with Gasteiger partial charge in [-0.05, 0) is 30.7 Å². The smallest absolute Gasteiger partial charge is 0.172 e. The molecule has 0 aliphatic carbocycles. The molecule has 0 atom stereocenters. The van der Waals surface area contributed by atoms with Gasteiger partial charge in [-0.25, -0.2) is 0 Å². The third-order valence-electron chi connectivity index (χ3n) is 2.64. The zero-order chi connectivity index (χ0) is 13.0. The van der Waals surface area contributed by atoms with Crippen LogP contribution in [-0.2, 0) is 6.42 Å². The van der Waals surface area contributed by atoms with E-state index in [9.17, 15) is 9.90 Å². The van der Waals surface area contributed by atoms with Gasteiger partial charge in [0.25, 0.3) is 0 Å². The lowest BCUT2D eigenvalue weighted by atomic mass is 9.98. The molecule has 0 fully saturated rings. The monoisotopic (exact) mass is 243 g/mol. The van der Waals surface area contributed by atoms with Crippen LogP contribution < -0.4 is 4.74 Å².